The lowest BCUT2D eigenvalue weighted by Crippen LogP contribution is -2.57. The number of hydrogen-bond acceptors (Lipinski definition) is 3. The second-order valence-corrected chi connectivity index (χ2v) is 9.02. The van der Waals surface area contributed by atoms with E-state index in [0.29, 0.717) is 6.54 Å². The first-order chi connectivity index (χ1) is 14.3. The Labute approximate surface area is 203 Å². The molecule has 0 aromatic heterocycles. The van der Waals surface area contributed by atoms with Crippen LogP contribution in [0.5, 0.6) is 0 Å². The summed E-state index contributed by atoms with van der Waals surface area (Å²) in [6.07, 6.45) is 2.25. The van der Waals surface area contributed by atoms with Crippen molar-refractivity contribution in [1.29, 1.82) is 0 Å². The summed E-state index contributed by atoms with van der Waals surface area (Å²) in [5.41, 5.74) is 0.938. The van der Waals surface area contributed by atoms with Crippen molar-refractivity contribution in [3.63, 3.8) is 0 Å². The van der Waals surface area contributed by atoms with E-state index in [1.807, 2.05) is 24.0 Å². The van der Waals surface area contributed by atoms with E-state index in [1.165, 1.54) is 12.1 Å². The highest BCUT2D eigenvalue weighted by Crippen LogP contribution is 2.22. The smallest absolute Gasteiger partial charge is 0.239 e. The predicted octanol–water partition coefficient (Wildman–Crippen LogP) is 2.93. The molecule has 1 amide bonds. The van der Waals surface area contributed by atoms with Gasteiger partial charge in [0.1, 0.15) is 5.82 Å². The number of aliphatic imine (C=N–C) groups is 1. The van der Waals surface area contributed by atoms with E-state index in [1.54, 1.807) is 7.05 Å². The van der Waals surface area contributed by atoms with Gasteiger partial charge < -0.3 is 15.1 Å². The Morgan fingerprint density at radius 3 is 2.19 bits per heavy atom. The molecule has 1 atom stereocenters. The van der Waals surface area contributed by atoms with Gasteiger partial charge in [0.2, 0.25) is 5.91 Å². The molecule has 0 saturated carbocycles. The summed E-state index contributed by atoms with van der Waals surface area (Å²) < 4.78 is 13.2. The van der Waals surface area contributed by atoms with Gasteiger partial charge in [0.25, 0.3) is 0 Å². The first kappa shape index (κ1) is 25.8. The van der Waals surface area contributed by atoms with Crippen LogP contribution in [0.1, 0.15) is 39.2 Å². The van der Waals surface area contributed by atoms with E-state index in [9.17, 15) is 9.18 Å². The van der Waals surface area contributed by atoms with Gasteiger partial charge in [-0.15, -0.1) is 24.0 Å². The molecule has 1 aromatic rings. The molecule has 174 valence electrons. The molecule has 1 N–H and O–H groups in total. The van der Waals surface area contributed by atoms with Gasteiger partial charge in [0.15, 0.2) is 5.96 Å². The van der Waals surface area contributed by atoms with Crippen LogP contribution in [0.25, 0.3) is 0 Å². The zero-order valence-corrected chi connectivity index (χ0v) is 21.6. The van der Waals surface area contributed by atoms with Crippen molar-refractivity contribution >= 4 is 35.8 Å². The van der Waals surface area contributed by atoms with E-state index < -0.39 is 0 Å². The zero-order chi connectivity index (χ0) is 21.7. The number of nitrogens with zero attached hydrogens (tertiary/aromatic N) is 4. The quantitative estimate of drug-likeness (QED) is 0.352. The molecule has 0 radical (unpaired) electrons. The van der Waals surface area contributed by atoms with Crippen molar-refractivity contribution in [2.75, 3.05) is 52.9 Å². The molecule has 6 nitrogen and oxygen atoms in total. The molecule has 2 saturated heterocycles. The van der Waals surface area contributed by atoms with Crippen LogP contribution in [0, 0.1) is 5.82 Å². The van der Waals surface area contributed by atoms with Crippen LogP contribution in [-0.2, 0) is 10.2 Å². The fourth-order valence-corrected chi connectivity index (χ4v) is 4.31. The molecule has 1 aromatic carbocycles. The lowest BCUT2D eigenvalue weighted by atomic mass is 9.84. The van der Waals surface area contributed by atoms with E-state index in [-0.39, 0.29) is 47.2 Å². The molecule has 0 bridgehead atoms. The third kappa shape index (κ3) is 6.54. The minimum Gasteiger partial charge on any atom is -0.355 e. The van der Waals surface area contributed by atoms with Crippen LogP contribution in [0.15, 0.2) is 29.3 Å². The number of amides is 1. The average Bonchev–Trinajstić information content (AvgIpc) is 3.29. The third-order valence-electron chi connectivity index (χ3n) is 6.46. The molecule has 3 rings (SSSR count). The third-order valence-corrected chi connectivity index (χ3v) is 6.46. The van der Waals surface area contributed by atoms with Gasteiger partial charge in [-0.2, -0.15) is 0 Å². The molecule has 8 heteroatoms. The van der Waals surface area contributed by atoms with Gasteiger partial charge in [-0.1, -0.05) is 26.0 Å². The number of rotatable bonds is 5. The maximum atomic E-state index is 13.2. The Morgan fingerprint density at radius 1 is 1.06 bits per heavy atom. The summed E-state index contributed by atoms with van der Waals surface area (Å²) in [7, 11) is 1.80. The van der Waals surface area contributed by atoms with Gasteiger partial charge in [-0.3, -0.25) is 14.7 Å². The van der Waals surface area contributed by atoms with Crippen molar-refractivity contribution in [3.05, 3.63) is 35.6 Å². The van der Waals surface area contributed by atoms with Crippen LogP contribution in [0.2, 0.25) is 0 Å². The van der Waals surface area contributed by atoms with Crippen LogP contribution < -0.4 is 5.32 Å². The largest absolute Gasteiger partial charge is 0.355 e. The standard InChI is InChI=1S/C23H36FN5O.HI/c1-18(21(30)28-11-5-6-12-28)27-13-15-29(16-14-27)22(25-4)26-17-23(2,3)19-7-9-20(24)10-8-19;/h7-10,18H,5-6,11-17H2,1-4H3,(H,25,26);1H. The minimum absolute atomic E-state index is 0. The highest BCUT2D eigenvalue weighted by Gasteiger charge is 2.31. The highest BCUT2D eigenvalue weighted by atomic mass is 127. The van der Waals surface area contributed by atoms with Crippen molar-refractivity contribution in [2.24, 2.45) is 4.99 Å². The van der Waals surface area contributed by atoms with E-state index in [4.69, 9.17) is 0 Å². The van der Waals surface area contributed by atoms with E-state index >= 15 is 0 Å². The van der Waals surface area contributed by atoms with Crippen LogP contribution in [0.3, 0.4) is 0 Å². The van der Waals surface area contributed by atoms with E-state index in [0.717, 1.165) is 63.6 Å². The highest BCUT2D eigenvalue weighted by molar-refractivity contribution is 14.0. The van der Waals surface area contributed by atoms with Gasteiger partial charge in [0, 0.05) is 58.3 Å². The van der Waals surface area contributed by atoms with Crippen LogP contribution in [0.4, 0.5) is 4.39 Å². The Bertz CT molecular complexity index is 741. The zero-order valence-electron chi connectivity index (χ0n) is 19.2. The number of carbonyl (C=O) groups excluding carboxylic acids is 1. The summed E-state index contributed by atoms with van der Waals surface area (Å²) in [6, 6.07) is 6.65. The fourth-order valence-electron chi connectivity index (χ4n) is 4.31. The summed E-state index contributed by atoms with van der Waals surface area (Å²) in [6.45, 7) is 12.2. The first-order valence-electron chi connectivity index (χ1n) is 11.1. The monoisotopic (exact) mass is 545 g/mol. The number of nitrogens with one attached hydrogen (secondary N) is 1. The second kappa shape index (κ2) is 11.4. The Morgan fingerprint density at radius 2 is 1.65 bits per heavy atom. The van der Waals surface area contributed by atoms with E-state index in [2.05, 4.69) is 34.0 Å². The molecule has 2 aliphatic rings. The fraction of sp³-hybridized carbons (Fsp3) is 0.652. The minimum atomic E-state index is -0.214. The summed E-state index contributed by atoms with van der Waals surface area (Å²) in [4.78, 5) is 23.7. The van der Waals surface area contributed by atoms with Gasteiger partial charge >= 0.3 is 0 Å². The number of benzene rings is 1. The topological polar surface area (TPSA) is 51.2 Å². The van der Waals surface area contributed by atoms with Crippen LogP contribution >= 0.6 is 24.0 Å². The summed E-state index contributed by atoms with van der Waals surface area (Å²) in [5.74, 6) is 0.932. The number of halogens is 2. The predicted molar refractivity (Wildman–Crippen MR) is 135 cm³/mol. The normalized spacial score (nSPS) is 19.2. The molecule has 0 aliphatic carbocycles. The van der Waals surface area contributed by atoms with Crippen LogP contribution in [-0.4, -0.2) is 85.5 Å². The molecule has 2 fully saturated rings. The first-order valence-corrected chi connectivity index (χ1v) is 11.1. The Kier molecular flexibility index (Phi) is 9.54. The molecular weight excluding hydrogens is 508 g/mol. The number of piperazine rings is 1. The number of guanidine groups is 1. The summed E-state index contributed by atoms with van der Waals surface area (Å²) in [5, 5.41) is 3.49. The Hall–Kier alpha value is -1.42. The van der Waals surface area contributed by atoms with Crippen molar-refractivity contribution in [3.8, 4) is 0 Å². The van der Waals surface area contributed by atoms with Gasteiger partial charge in [0.05, 0.1) is 6.04 Å². The van der Waals surface area contributed by atoms with Gasteiger partial charge in [-0.05, 0) is 37.5 Å². The maximum absolute atomic E-state index is 13.2. The lowest BCUT2D eigenvalue weighted by Gasteiger charge is -2.40. The summed E-state index contributed by atoms with van der Waals surface area (Å²) >= 11 is 0. The SMILES string of the molecule is CN=C(NCC(C)(C)c1ccc(F)cc1)N1CCN(C(C)C(=O)N2CCCC2)CC1.I. The number of carbonyl (C=O) groups is 1. The molecule has 2 heterocycles. The second-order valence-electron chi connectivity index (χ2n) is 9.02. The molecule has 2 aliphatic heterocycles. The maximum Gasteiger partial charge on any atom is 0.239 e. The van der Waals surface area contributed by atoms with Gasteiger partial charge in [-0.25, -0.2) is 4.39 Å². The van der Waals surface area contributed by atoms with Crippen molar-refractivity contribution in [2.45, 2.75) is 45.1 Å². The van der Waals surface area contributed by atoms with Crippen molar-refractivity contribution < 1.29 is 9.18 Å². The molecule has 31 heavy (non-hydrogen) atoms. The van der Waals surface area contributed by atoms with Crippen molar-refractivity contribution in [1.82, 2.24) is 20.0 Å². The molecule has 1 unspecified atom stereocenters. The molecular formula is C23H37FIN5O. The number of hydrogen-bond donors (Lipinski definition) is 1. The Balaban J connectivity index is 0.00000341. The average molecular weight is 545 g/mol. The lowest BCUT2D eigenvalue weighted by molar-refractivity contribution is -0.135. The number of likely N-dealkylation sites (tertiary alicyclic amines) is 1. The molecule has 0 spiro atoms.